The van der Waals surface area contributed by atoms with Gasteiger partial charge in [-0.3, -0.25) is 9.59 Å². The summed E-state index contributed by atoms with van der Waals surface area (Å²) >= 11 is 7.80. The highest BCUT2D eigenvalue weighted by atomic mass is 35.5. The lowest BCUT2D eigenvalue weighted by Crippen LogP contribution is -2.38. The quantitative estimate of drug-likeness (QED) is 0.616. The molecule has 5 rings (SSSR count). The summed E-state index contributed by atoms with van der Waals surface area (Å²) in [5.41, 5.74) is 4.05. The molecule has 0 unspecified atom stereocenters. The summed E-state index contributed by atoms with van der Waals surface area (Å²) in [6.07, 6.45) is 4.09. The Labute approximate surface area is 178 Å². The van der Waals surface area contributed by atoms with Crippen molar-refractivity contribution in [2.75, 3.05) is 13.1 Å². The fraction of sp³-hybridized carbons (Fsp3) is 0.409. The molecule has 1 aromatic carbocycles. The first-order valence-electron chi connectivity index (χ1n) is 10.1. The Kier molecular flexibility index (Phi) is 4.71. The van der Waals surface area contributed by atoms with E-state index in [4.69, 9.17) is 16.6 Å². The average molecular weight is 428 g/mol. The monoisotopic (exact) mass is 427 g/mol. The number of hydrogen-bond acceptors (Lipinski definition) is 4. The van der Waals surface area contributed by atoms with Crippen LogP contribution < -0.4 is 0 Å². The summed E-state index contributed by atoms with van der Waals surface area (Å²) in [5, 5.41) is 1.84. The molecular weight excluding hydrogens is 406 g/mol. The van der Waals surface area contributed by atoms with E-state index in [-0.39, 0.29) is 11.7 Å². The Morgan fingerprint density at radius 3 is 2.83 bits per heavy atom. The van der Waals surface area contributed by atoms with E-state index in [1.807, 2.05) is 30.0 Å². The van der Waals surface area contributed by atoms with Gasteiger partial charge >= 0.3 is 0 Å². The second-order valence-electron chi connectivity index (χ2n) is 7.99. The Bertz CT molecular complexity index is 1120. The number of carbonyl (C=O) groups excluding carboxylic acids is 2. The van der Waals surface area contributed by atoms with Gasteiger partial charge in [0.1, 0.15) is 5.69 Å². The zero-order chi connectivity index (χ0) is 20.1. The second kappa shape index (κ2) is 7.26. The van der Waals surface area contributed by atoms with Crippen molar-refractivity contribution in [3.05, 3.63) is 50.7 Å². The van der Waals surface area contributed by atoms with Crippen molar-refractivity contribution < 1.29 is 9.59 Å². The smallest absolute Gasteiger partial charge is 0.270 e. The number of rotatable bonds is 2. The number of piperidine rings is 1. The van der Waals surface area contributed by atoms with Crippen LogP contribution in [-0.2, 0) is 6.42 Å². The maximum atomic E-state index is 13.1. The summed E-state index contributed by atoms with van der Waals surface area (Å²) in [6.45, 7) is 3.30. The Morgan fingerprint density at radius 1 is 1.28 bits per heavy atom. The molecule has 7 heteroatoms. The topological polar surface area (TPSA) is 66.1 Å². The predicted octanol–water partition coefficient (Wildman–Crippen LogP) is 5.13. The van der Waals surface area contributed by atoms with Gasteiger partial charge in [0.15, 0.2) is 5.78 Å². The summed E-state index contributed by atoms with van der Waals surface area (Å²) < 4.78 is 1.15. The van der Waals surface area contributed by atoms with Crippen LogP contribution in [0.4, 0.5) is 0 Å². The van der Waals surface area contributed by atoms with Crippen molar-refractivity contribution in [2.24, 2.45) is 0 Å². The fourth-order valence-electron chi connectivity index (χ4n) is 4.57. The predicted molar refractivity (Wildman–Crippen MR) is 115 cm³/mol. The summed E-state index contributed by atoms with van der Waals surface area (Å²) in [4.78, 5) is 35.3. The lowest BCUT2D eigenvalue weighted by Gasteiger charge is -2.31. The number of thiazole rings is 1. The van der Waals surface area contributed by atoms with Gasteiger partial charge in [-0.15, -0.1) is 11.3 Å². The van der Waals surface area contributed by atoms with Crippen LogP contribution in [-0.4, -0.2) is 39.6 Å². The van der Waals surface area contributed by atoms with Crippen LogP contribution in [0.1, 0.15) is 68.7 Å². The van der Waals surface area contributed by atoms with Crippen molar-refractivity contribution in [1.29, 1.82) is 0 Å². The molecule has 0 atom stereocenters. The van der Waals surface area contributed by atoms with Crippen LogP contribution in [0.2, 0.25) is 5.02 Å². The van der Waals surface area contributed by atoms with Crippen LogP contribution >= 0.6 is 22.9 Å². The van der Waals surface area contributed by atoms with Gasteiger partial charge in [-0.1, -0.05) is 11.6 Å². The van der Waals surface area contributed by atoms with E-state index in [1.54, 1.807) is 11.3 Å². The highest BCUT2D eigenvalue weighted by molar-refractivity contribution is 7.18. The molecule has 1 aliphatic heterocycles. The van der Waals surface area contributed by atoms with Gasteiger partial charge in [0.25, 0.3) is 5.91 Å². The number of aromatic amines is 1. The number of benzene rings is 1. The third-order valence-electron chi connectivity index (χ3n) is 6.15. The minimum absolute atomic E-state index is 0.0132. The average Bonchev–Trinajstić information content (AvgIpc) is 3.29. The molecule has 150 valence electrons. The molecule has 3 heterocycles. The largest absolute Gasteiger partial charge is 0.354 e. The normalized spacial score (nSPS) is 17.7. The van der Waals surface area contributed by atoms with Crippen LogP contribution in [0.3, 0.4) is 0 Å². The summed E-state index contributed by atoms with van der Waals surface area (Å²) in [6, 6.07) is 5.83. The van der Waals surface area contributed by atoms with Gasteiger partial charge < -0.3 is 9.88 Å². The molecule has 29 heavy (non-hydrogen) atoms. The number of ketones is 1. The molecule has 0 radical (unpaired) electrons. The van der Waals surface area contributed by atoms with E-state index in [0.29, 0.717) is 36.1 Å². The molecule has 1 N–H and O–H groups in total. The maximum absolute atomic E-state index is 13.1. The molecule has 1 fully saturated rings. The van der Waals surface area contributed by atoms with Crippen molar-refractivity contribution in [3.8, 4) is 0 Å². The molecule has 1 aliphatic carbocycles. The van der Waals surface area contributed by atoms with Gasteiger partial charge in [0, 0.05) is 41.7 Å². The van der Waals surface area contributed by atoms with Gasteiger partial charge in [-0.2, -0.15) is 0 Å². The first-order chi connectivity index (χ1) is 14.0. The summed E-state index contributed by atoms with van der Waals surface area (Å²) in [5.74, 6) is 0.544. The molecule has 1 saturated heterocycles. The molecule has 5 nitrogen and oxygen atoms in total. The number of carbonyl (C=O) groups is 2. The molecule has 0 spiro atoms. The molecule has 2 aromatic heterocycles. The summed E-state index contributed by atoms with van der Waals surface area (Å²) in [7, 11) is 0. The van der Waals surface area contributed by atoms with E-state index >= 15 is 0 Å². The maximum Gasteiger partial charge on any atom is 0.270 e. The van der Waals surface area contributed by atoms with Crippen molar-refractivity contribution in [2.45, 2.75) is 44.9 Å². The Balaban J connectivity index is 1.31. The molecule has 0 saturated carbocycles. The third-order valence-corrected chi connectivity index (χ3v) is 7.58. The van der Waals surface area contributed by atoms with Gasteiger partial charge in [-0.25, -0.2) is 4.98 Å². The van der Waals surface area contributed by atoms with E-state index in [1.165, 1.54) is 0 Å². The molecule has 3 aromatic rings. The first-order valence-corrected chi connectivity index (χ1v) is 11.3. The molecule has 0 bridgehead atoms. The van der Waals surface area contributed by atoms with Crippen molar-refractivity contribution >= 4 is 44.8 Å². The highest BCUT2D eigenvalue weighted by Gasteiger charge is 2.31. The zero-order valence-electron chi connectivity index (χ0n) is 16.3. The zero-order valence-corrected chi connectivity index (χ0v) is 17.8. The number of amides is 1. The number of nitrogens with one attached hydrogen (secondary N) is 1. The first kappa shape index (κ1) is 18.8. The number of aromatic nitrogens is 2. The number of Topliss-reactive ketones (excluding diaryl/α,β-unsaturated/α-hetero) is 1. The number of hydrogen-bond donors (Lipinski definition) is 1. The number of nitrogens with zero attached hydrogens (tertiary/aromatic N) is 2. The van der Waals surface area contributed by atoms with Gasteiger partial charge in [0.05, 0.1) is 15.2 Å². The van der Waals surface area contributed by atoms with Crippen LogP contribution in [0.25, 0.3) is 10.2 Å². The van der Waals surface area contributed by atoms with Crippen LogP contribution in [0.15, 0.2) is 18.2 Å². The number of likely N-dealkylation sites (tertiary alicyclic amines) is 1. The Morgan fingerprint density at radius 2 is 2.07 bits per heavy atom. The lowest BCUT2D eigenvalue weighted by atomic mass is 9.93. The van der Waals surface area contributed by atoms with Crippen molar-refractivity contribution in [1.82, 2.24) is 14.9 Å². The number of H-pyrrole nitrogens is 1. The second-order valence-corrected chi connectivity index (χ2v) is 9.48. The van der Waals surface area contributed by atoms with E-state index in [2.05, 4.69) is 4.98 Å². The minimum atomic E-state index is 0.0132. The van der Waals surface area contributed by atoms with Gasteiger partial charge in [0.2, 0.25) is 0 Å². The number of aryl methyl sites for hydroxylation is 1. The number of fused-ring (bicyclic) bond motifs is 2. The standard InChI is InChI=1S/C22H22ClN3O2S/c1-12-19-15(3-2-4-17(19)27)24-20(12)22(28)26-9-7-13(8-10-26)21-25-16-11-14(23)5-6-18(16)29-21/h5-6,11,13,24H,2-4,7-10H2,1H3. The third kappa shape index (κ3) is 3.28. The molecular formula is C22H22ClN3O2S. The minimum Gasteiger partial charge on any atom is -0.354 e. The van der Waals surface area contributed by atoms with Crippen LogP contribution in [0.5, 0.6) is 0 Å². The molecule has 1 amide bonds. The van der Waals surface area contributed by atoms with E-state index < -0.39 is 0 Å². The fourth-order valence-corrected chi connectivity index (χ4v) is 5.85. The number of halogens is 1. The Hall–Kier alpha value is -2.18. The van der Waals surface area contributed by atoms with Crippen molar-refractivity contribution in [3.63, 3.8) is 0 Å². The van der Waals surface area contributed by atoms with E-state index in [9.17, 15) is 9.59 Å². The SMILES string of the molecule is Cc1c(C(=O)N2CCC(c3nc4cc(Cl)ccc4s3)CC2)[nH]c2c1C(=O)CCC2. The highest BCUT2D eigenvalue weighted by Crippen LogP contribution is 2.35. The molecule has 2 aliphatic rings. The van der Waals surface area contributed by atoms with Gasteiger partial charge in [-0.05, 0) is 56.4 Å². The van der Waals surface area contributed by atoms with E-state index in [0.717, 1.165) is 57.7 Å². The lowest BCUT2D eigenvalue weighted by molar-refractivity contribution is 0.0706. The van der Waals surface area contributed by atoms with Crippen LogP contribution in [0, 0.1) is 6.92 Å².